The van der Waals surface area contributed by atoms with Crippen molar-refractivity contribution >= 4 is 5.91 Å². The van der Waals surface area contributed by atoms with Crippen LogP contribution >= 0.6 is 0 Å². The van der Waals surface area contributed by atoms with Crippen LogP contribution in [-0.4, -0.2) is 46.9 Å². The zero-order valence-corrected chi connectivity index (χ0v) is 13.7. The molecule has 1 heterocycles. The fraction of sp³-hybridized carbons (Fsp3) is 0.467. The molecule has 0 spiro atoms. The van der Waals surface area contributed by atoms with Crippen molar-refractivity contribution in [2.24, 2.45) is 0 Å². The highest BCUT2D eigenvalue weighted by Crippen LogP contribution is 2.22. The van der Waals surface area contributed by atoms with Crippen LogP contribution in [0.15, 0.2) is 18.2 Å². The van der Waals surface area contributed by atoms with Gasteiger partial charge in [-0.15, -0.1) is 5.10 Å². The highest BCUT2D eigenvalue weighted by Gasteiger charge is 2.12. The number of hydrogen-bond acceptors (Lipinski definition) is 6. The van der Waals surface area contributed by atoms with Crippen molar-refractivity contribution < 1.29 is 14.3 Å². The lowest BCUT2D eigenvalue weighted by atomic mass is 10.2. The molecule has 0 saturated heterocycles. The zero-order chi connectivity index (χ0) is 16.8. The van der Waals surface area contributed by atoms with E-state index in [0.29, 0.717) is 30.0 Å². The second-order valence-corrected chi connectivity index (χ2v) is 5.24. The number of carbonyl (C=O) groups is 1. The fourth-order valence-electron chi connectivity index (χ4n) is 2.11. The number of carbonyl (C=O) groups excluding carboxylic acids is 1. The first kappa shape index (κ1) is 16.7. The largest absolute Gasteiger partial charge is 0.497 e. The second-order valence-electron chi connectivity index (χ2n) is 5.24. The van der Waals surface area contributed by atoms with Crippen molar-refractivity contribution in [1.82, 2.24) is 25.5 Å². The van der Waals surface area contributed by atoms with Gasteiger partial charge in [0.25, 0.3) is 5.91 Å². The minimum atomic E-state index is -0.203. The van der Waals surface area contributed by atoms with Gasteiger partial charge in [-0.2, -0.15) is 0 Å². The molecule has 0 aliphatic carbocycles. The Labute approximate surface area is 134 Å². The van der Waals surface area contributed by atoms with Gasteiger partial charge in [-0.25, -0.2) is 4.68 Å². The summed E-state index contributed by atoms with van der Waals surface area (Å²) >= 11 is 0. The Morgan fingerprint density at radius 3 is 2.43 bits per heavy atom. The number of nitrogens with zero attached hydrogens (tertiary/aromatic N) is 4. The van der Waals surface area contributed by atoms with Crippen molar-refractivity contribution in [3.05, 3.63) is 29.6 Å². The van der Waals surface area contributed by atoms with E-state index in [1.165, 1.54) is 0 Å². The zero-order valence-electron chi connectivity index (χ0n) is 13.7. The lowest BCUT2D eigenvalue weighted by Crippen LogP contribution is -2.26. The highest BCUT2D eigenvalue weighted by atomic mass is 16.5. The molecule has 2 aromatic rings. The number of benzene rings is 1. The number of rotatable bonds is 7. The number of hydrogen-bond donors (Lipinski definition) is 1. The Hall–Kier alpha value is -2.64. The molecule has 8 nitrogen and oxygen atoms in total. The smallest absolute Gasteiger partial charge is 0.251 e. The lowest BCUT2D eigenvalue weighted by molar-refractivity contribution is 0.0953. The number of nitrogens with one attached hydrogen (secondary N) is 1. The van der Waals surface area contributed by atoms with Gasteiger partial charge >= 0.3 is 0 Å². The van der Waals surface area contributed by atoms with E-state index in [9.17, 15) is 4.79 Å². The van der Waals surface area contributed by atoms with Crippen LogP contribution in [0, 0.1) is 0 Å². The molecule has 1 amide bonds. The molecule has 0 aliphatic rings. The Morgan fingerprint density at radius 2 is 1.87 bits per heavy atom. The summed E-state index contributed by atoms with van der Waals surface area (Å²) in [5.74, 6) is 1.67. The molecule has 0 saturated carbocycles. The lowest BCUT2D eigenvalue weighted by Gasteiger charge is -2.10. The van der Waals surface area contributed by atoms with Gasteiger partial charge in [0.05, 0.1) is 20.3 Å². The number of methoxy groups -OCH3 is 2. The van der Waals surface area contributed by atoms with E-state index >= 15 is 0 Å². The van der Waals surface area contributed by atoms with Gasteiger partial charge in [0, 0.05) is 24.6 Å². The van der Waals surface area contributed by atoms with E-state index in [1.54, 1.807) is 37.1 Å². The molecule has 8 heteroatoms. The monoisotopic (exact) mass is 319 g/mol. The van der Waals surface area contributed by atoms with E-state index in [2.05, 4.69) is 20.8 Å². The van der Waals surface area contributed by atoms with Gasteiger partial charge in [0.1, 0.15) is 11.5 Å². The molecule has 0 atom stereocenters. The molecule has 23 heavy (non-hydrogen) atoms. The predicted octanol–water partition coefficient (Wildman–Crippen LogP) is 1.24. The van der Waals surface area contributed by atoms with Crippen LogP contribution in [-0.2, 0) is 6.42 Å². The van der Waals surface area contributed by atoms with Crippen molar-refractivity contribution in [3.8, 4) is 11.5 Å². The van der Waals surface area contributed by atoms with Crippen molar-refractivity contribution in [2.45, 2.75) is 26.3 Å². The van der Waals surface area contributed by atoms with Crippen molar-refractivity contribution in [3.63, 3.8) is 0 Å². The number of amides is 1. The summed E-state index contributed by atoms with van der Waals surface area (Å²) in [7, 11) is 3.09. The van der Waals surface area contributed by atoms with Crippen LogP contribution in [0.4, 0.5) is 0 Å². The first-order chi connectivity index (χ1) is 11.0. The average molecular weight is 319 g/mol. The topological polar surface area (TPSA) is 91.2 Å². The van der Waals surface area contributed by atoms with Crippen LogP contribution < -0.4 is 14.8 Å². The number of ether oxygens (including phenoxy) is 2. The first-order valence-electron chi connectivity index (χ1n) is 7.33. The summed E-state index contributed by atoms with van der Waals surface area (Å²) in [4.78, 5) is 12.2. The molecule has 124 valence electrons. The molecule has 1 aromatic carbocycles. The summed E-state index contributed by atoms with van der Waals surface area (Å²) in [6, 6.07) is 5.22. The highest BCUT2D eigenvalue weighted by molar-refractivity contribution is 5.95. The summed E-state index contributed by atoms with van der Waals surface area (Å²) in [6.45, 7) is 4.44. The van der Waals surface area contributed by atoms with Gasteiger partial charge in [0.15, 0.2) is 5.82 Å². The minimum Gasteiger partial charge on any atom is -0.497 e. The van der Waals surface area contributed by atoms with E-state index in [4.69, 9.17) is 9.47 Å². The SMILES string of the molecule is COc1cc(OC)cc(C(=O)NCCc2nnnn2C(C)C)c1. The summed E-state index contributed by atoms with van der Waals surface area (Å²) in [5, 5.41) is 14.4. The third-order valence-electron chi connectivity index (χ3n) is 3.30. The quantitative estimate of drug-likeness (QED) is 0.826. The third kappa shape index (κ3) is 4.18. The molecule has 0 bridgehead atoms. The summed E-state index contributed by atoms with van der Waals surface area (Å²) < 4.78 is 12.1. The van der Waals surface area contributed by atoms with Crippen LogP contribution in [0.1, 0.15) is 36.1 Å². The maximum atomic E-state index is 12.2. The average Bonchev–Trinajstić information content (AvgIpc) is 3.02. The van der Waals surface area contributed by atoms with Gasteiger partial charge < -0.3 is 14.8 Å². The van der Waals surface area contributed by atoms with Crippen LogP contribution in [0.25, 0.3) is 0 Å². The van der Waals surface area contributed by atoms with Crippen LogP contribution in [0.5, 0.6) is 11.5 Å². The molecule has 0 fully saturated rings. The second kappa shape index (κ2) is 7.57. The van der Waals surface area contributed by atoms with E-state index < -0.39 is 0 Å². The number of aromatic nitrogens is 4. The molecule has 0 radical (unpaired) electrons. The summed E-state index contributed by atoms with van der Waals surface area (Å²) in [6.07, 6.45) is 0.554. The van der Waals surface area contributed by atoms with Crippen molar-refractivity contribution in [2.75, 3.05) is 20.8 Å². The Morgan fingerprint density at radius 1 is 1.22 bits per heavy atom. The Bertz CT molecular complexity index is 647. The molecule has 1 aromatic heterocycles. The standard InChI is InChI=1S/C15H21N5O3/c1-10(2)20-14(17-18-19-20)5-6-16-15(21)11-7-12(22-3)9-13(8-11)23-4/h7-10H,5-6H2,1-4H3,(H,16,21). The molecule has 1 N–H and O–H groups in total. The van der Waals surface area contributed by atoms with Crippen molar-refractivity contribution in [1.29, 1.82) is 0 Å². The molecular formula is C15H21N5O3. The molecule has 0 aliphatic heterocycles. The maximum absolute atomic E-state index is 12.2. The van der Waals surface area contributed by atoms with Gasteiger partial charge in [-0.05, 0) is 36.4 Å². The minimum absolute atomic E-state index is 0.179. The van der Waals surface area contributed by atoms with E-state index in [0.717, 1.165) is 5.82 Å². The molecule has 0 unspecified atom stereocenters. The Kier molecular flexibility index (Phi) is 5.51. The third-order valence-corrected chi connectivity index (χ3v) is 3.30. The Balaban J connectivity index is 1.98. The van der Waals surface area contributed by atoms with Crippen LogP contribution in [0.2, 0.25) is 0 Å². The van der Waals surface area contributed by atoms with Crippen LogP contribution in [0.3, 0.4) is 0 Å². The van der Waals surface area contributed by atoms with E-state index in [1.807, 2.05) is 13.8 Å². The predicted molar refractivity (Wildman–Crippen MR) is 83.8 cm³/mol. The molecular weight excluding hydrogens is 298 g/mol. The maximum Gasteiger partial charge on any atom is 0.251 e. The van der Waals surface area contributed by atoms with Gasteiger partial charge in [-0.1, -0.05) is 0 Å². The normalized spacial score (nSPS) is 10.7. The number of tetrazole rings is 1. The fourth-order valence-corrected chi connectivity index (χ4v) is 2.11. The molecule has 2 rings (SSSR count). The van der Waals surface area contributed by atoms with Gasteiger partial charge in [0.2, 0.25) is 0 Å². The first-order valence-corrected chi connectivity index (χ1v) is 7.33. The van der Waals surface area contributed by atoms with E-state index in [-0.39, 0.29) is 11.9 Å². The summed E-state index contributed by atoms with van der Waals surface area (Å²) in [5.41, 5.74) is 0.477. The van der Waals surface area contributed by atoms with Gasteiger partial charge in [-0.3, -0.25) is 4.79 Å².